The van der Waals surface area contributed by atoms with Crippen LogP contribution < -0.4 is 10.9 Å². The Kier molecular flexibility index (Phi) is 4.99. The molecule has 0 bridgehead atoms. The summed E-state index contributed by atoms with van der Waals surface area (Å²) in [7, 11) is 0. The van der Waals surface area contributed by atoms with Crippen molar-refractivity contribution >= 4 is 12.0 Å². The van der Waals surface area contributed by atoms with Crippen molar-refractivity contribution in [3.05, 3.63) is 35.4 Å². The van der Waals surface area contributed by atoms with E-state index >= 15 is 0 Å². The van der Waals surface area contributed by atoms with Gasteiger partial charge in [-0.1, -0.05) is 32.9 Å². The minimum absolute atomic E-state index is 0.0315. The van der Waals surface area contributed by atoms with E-state index in [9.17, 15) is 9.59 Å². The summed E-state index contributed by atoms with van der Waals surface area (Å²) >= 11 is 0. The molecule has 0 saturated heterocycles. The molecular formula is C16H24N2O3. The third-order valence-electron chi connectivity index (χ3n) is 2.69. The van der Waals surface area contributed by atoms with Crippen LogP contribution >= 0.6 is 0 Å². The minimum Gasteiger partial charge on any atom is -0.443 e. The second kappa shape index (κ2) is 6.16. The van der Waals surface area contributed by atoms with Gasteiger partial charge in [-0.2, -0.15) is 0 Å². The predicted molar refractivity (Wildman–Crippen MR) is 82.0 cm³/mol. The maximum atomic E-state index is 11.9. The molecule has 1 aromatic carbocycles. The lowest BCUT2D eigenvalue weighted by Gasteiger charge is -2.20. The zero-order valence-electron chi connectivity index (χ0n) is 13.5. The highest BCUT2D eigenvalue weighted by Crippen LogP contribution is 2.22. The molecule has 2 N–H and O–H groups in total. The molecule has 0 radical (unpaired) electrons. The first-order chi connectivity index (χ1) is 9.49. The van der Waals surface area contributed by atoms with Gasteiger partial charge in [-0.15, -0.1) is 0 Å². The van der Waals surface area contributed by atoms with Crippen LogP contribution in [0, 0.1) is 0 Å². The monoisotopic (exact) mass is 292 g/mol. The van der Waals surface area contributed by atoms with E-state index in [1.165, 1.54) is 0 Å². The van der Waals surface area contributed by atoms with E-state index in [-0.39, 0.29) is 11.3 Å². The van der Waals surface area contributed by atoms with E-state index in [0.29, 0.717) is 5.56 Å². The molecular weight excluding hydrogens is 268 g/mol. The summed E-state index contributed by atoms with van der Waals surface area (Å²) in [6.07, 6.45) is -0.692. The van der Waals surface area contributed by atoms with Crippen molar-refractivity contribution in [2.45, 2.75) is 52.6 Å². The summed E-state index contributed by atoms with van der Waals surface area (Å²) in [4.78, 5) is 23.3. The number of ether oxygens (including phenoxy) is 1. The molecule has 0 aliphatic heterocycles. The average Bonchev–Trinajstić information content (AvgIpc) is 2.33. The van der Waals surface area contributed by atoms with Gasteiger partial charge in [0.15, 0.2) is 0 Å². The van der Waals surface area contributed by atoms with Crippen molar-refractivity contribution in [3.63, 3.8) is 0 Å². The molecule has 1 rings (SSSR count). The zero-order chi connectivity index (χ0) is 16.3. The number of benzene rings is 1. The van der Waals surface area contributed by atoms with Gasteiger partial charge in [0, 0.05) is 5.56 Å². The standard InChI is InChI=1S/C16H24N2O3/c1-15(2,3)12-9-7-11(8-10-12)13(19)17-18-14(20)21-16(4,5)6/h7-10H,1-6H3,(H,17,19)(H,18,20). The van der Waals surface area contributed by atoms with Gasteiger partial charge in [-0.3, -0.25) is 10.2 Å². The first-order valence-corrected chi connectivity index (χ1v) is 6.89. The minimum atomic E-state index is -0.692. The van der Waals surface area contributed by atoms with Crippen LogP contribution in [0.1, 0.15) is 57.5 Å². The lowest BCUT2D eigenvalue weighted by atomic mass is 9.87. The third-order valence-corrected chi connectivity index (χ3v) is 2.69. The lowest BCUT2D eigenvalue weighted by molar-refractivity contribution is 0.0483. The van der Waals surface area contributed by atoms with Gasteiger partial charge in [0.25, 0.3) is 5.91 Å². The quantitative estimate of drug-likeness (QED) is 0.781. The molecule has 0 saturated carbocycles. The number of rotatable bonds is 1. The molecule has 0 spiro atoms. The molecule has 0 heterocycles. The average molecular weight is 292 g/mol. The van der Waals surface area contributed by atoms with Gasteiger partial charge >= 0.3 is 6.09 Å². The van der Waals surface area contributed by atoms with Gasteiger partial charge in [-0.05, 0) is 43.9 Å². The van der Waals surface area contributed by atoms with Crippen molar-refractivity contribution < 1.29 is 14.3 Å². The third kappa shape index (κ3) is 5.85. The summed E-state index contributed by atoms with van der Waals surface area (Å²) in [6.45, 7) is 11.6. The molecule has 0 aliphatic carbocycles. The molecule has 5 heteroatoms. The van der Waals surface area contributed by atoms with Crippen LogP contribution in [0.2, 0.25) is 0 Å². The van der Waals surface area contributed by atoms with Crippen molar-refractivity contribution in [2.75, 3.05) is 0 Å². The number of amides is 2. The Morgan fingerprint density at radius 3 is 1.86 bits per heavy atom. The molecule has 2 amide bonds. The molecule has 21 heavy (non-hydrogen) atoms. The number of nitrogens with one attached hydrogen (secondary N) is 2. The maximum Gasteiger partial charge on any atom is 0.426 e. The summed E-state index contributed by atoms with van der Waals surface area (Å²) in [5.41, 5.74) is 5.57. The highest BCUT2D eigenvalue weighted by atomic mass is 16.6. The van der Waals surface area contributed by atoms with Crippen LogP contribution in [0.4, 0.5) is 4.79 Å². The second-order valence-corrected chi connectivity index (χ2v) is 6.91. The van der Waals surface area contributed by atoms with E-state index in [2.05, 4.69) is 31.6 Å². The normalized spacial score (nSPS) is 11.7. The Morgan fingerprint density at radius 1 is 0.905 bits per heavy atom. The Balaban J connectivity index is 2.59. The van der Waals surface area contributed by atoms with Crippen LogP contribution in [-0.4, -0.2) is 17.6 Å². The van der Waals surface area contributed by atoms with Gasteiger partial charge < -0.3 is 4.74 Å². The molecule has 1 aromatic rings. The van der Waals surface area contributed by atoms with Gasteiger partial charge in [-0.25, -0.2) is 10.2 Å². The zero-order valence-corrected chi connectivity index (χ0v) is 13.5. The smallest absolute Gasteiger partial charge is 0.426 e. The van der Waals surface area contributed by atoms with Crippen molar-refractivity contribution in [3.8, 4) is 0 Å². The molecule has 0 aromatic heterocycles. The number of hydrogen-bond acceptors (Lipinski definition) is 3. The van der Waals surface area contributed by atoms with E-state index in [1.807, 2.05) is 12.1 Å². The van der Waals surface area contributed by atoms with E-state index in [0.717, 1.165) is 5.56 Å². The first kappa shape index (κ1) is 17.0. The van der Waals surface area contributed by atoms with Gasteiger partial charge in [0.05, 0.1) is 0 Å². The number of hydrazine groups is 1. The number of carbonyl (C=O) groups excluding carboxylic acids is 2. The van der Waals surface area contributed by atoms with Crippen molar-refractivity contribution in [2.24, 2.45) is 0 Å². The van der Waals surface area contributed by atoms with Gasteiger partial charge in [0.2, 0.25) is 0 Å². The second-order valence-electron chi connectivity index (χ2n) is 6.91. The van der Waals surface area contributed by atoms with Crippen LogP contribution in [0.25, 0.3) is 0 Å². The fourth-order valence-electron chi connectivity index (χ4n) is 1.61. The Labute approximate surface area is 126 Å². The van der Waals surface area contributed by atoms with E-state index < -0.39 is 11.7 Å². The summed E-state index contributed by atoms with van der Waals surface area (Å²) in [5.74, 6) is -0.388. The molecule has 0 fully saturated rings. The number of carbonyl (C=O) groups is 2. The van der Waals surface area contributed by atoms with Crippen LogP contribution in [0.5, 0.6) is 0 Å². The SMILES string of the molecule is CC(C)(C)OC(=O)NNC(=O)c1ccc(C(C)(C)C)cc1. The van der Waals surface area contributed by atoms with E-state index in [4.69, 9.17) is 4.74 Å². The maximum absolute atomic E-state index is 11.9. The highest BCUT2D eigenvalue weighted by molar-refractivity contribution is 5.94. The fourth-order valence-corrected chi connectivity index (χ4v) is 1.61. The summed E-state index contributed by atoms with van der Waals surface area (Å²) in [6, 6.07) is 7.27. The Bertz CT molecular complexity index is 508. The van der Waals surface area contributed by atoms with Crippen molar-refractivity contribution in [1.29, 1.82) is 0 Å². The Hall–Kier alpha value is -2.04. The summed E-state index contributed by atoms with van der Waals surface area (Å²) < 4.78 is 5.02. The summed E-state index contributed by atoms with van der Waals surface area (Å²) in [5, 5.41) is 0. The van der Waals surface area contributed by atoms with Crippen LogP contribution in [0.15, 0.2) is 24.3 Å². The molecule has 0 unspecified atom stereocenters. The van der Waals surface area contributed by atoms with Crippen LogP contribution in [0.3, 0.4) is 0 Å². The molecule has 0 aliphatic rings. The van der Waals surface area contributed by atoms with Gasteiger partial charge in [0.1, 0.15) is 5.60 Å². The number of hydrogen-bond donors (Lipinski definition) is 2. The van der Waals surface area contributed by atoms with Crippen LogP contribution in [-0.2, 0) is 10.2 Å². The molecule has 116 valence electrons. The lowest BCUT2D eigenvalue weighted by Crippen LogP contribution is -2.44. The largest absolute Gasteiger partial charge is 0.443 e. The Morgan fingerprint density at radius 2 is 1.43 bits per heavy atom. The van der Waals surface area contributed by atoms with Crippen molar-refractivity contribution in [1.82, 2.24) is 10.9 Å². The van der Waals surface area contributed by atoms with E-state index in [1.54, 1.807) is 32.9 Å². The molecule has 0 atom stereocenters. The highest BCUT2D eigenvalue weighted by Gasteiger charge is 2.17. The topological polar surface area (TPSA) is 67.4 Å². The fraction of sp³-hybridized carbons (Fsp3) is 0.500. The first-order valence-electron chi connectivity index (χ1n) is 6.89. The molecule has 5 nitrogen and oxygen atoms in total. The predicted octanol–water partition coefficient (Wildman–Crippen LogP) is 3.15.